The molecule has 1 amide bonds. The highest BCUT2D eigenvalue weighted by atomic mass is 16.7. The average Bonchev–Trinajstić information content (AvgIpc) is 2.66. The van der Waals surface area contributed by atoms with Crippen LogP contribution in [0.5, 0.6) is 0 Å². The first kappa shape index (κ1) is 12.9. The highest BCUT2D eigenvalue weighted by Crippen LogP contribution is 2.24. The smallest absolute Gasteiger partial charge is 0.292 e. The van der Waals surface area contributed by atoms with Gasteiger partial charge in [-0.25, -0.2) is 0 Å². The molecule has 0 bridgehead atoms. The van der Waals surface area contributed by atoms with Gasteiger partial charge in [-0.2, -0.15) is 4.57 Å². The summed E-state index contributed by atoms with van der Waals surface area (Å²) in [7, 11) is 0. The van der Waals surface area contributed by atoms with Crippen LogP contribution >= 0.6 is 0 Å². The zero-order valence-electron chi connectivity index (χ0n) is 9.51. The zero-order valence-corrected chi connectivity index (χ0v) is 9.51. The van der Waals surface area contributed by atoms with Crippen LogP contribution in [-0.2, 0) is 4.74 Å². The van der Waals surface area contributed by atoms with Gasteiger partial charge in [0.2, 0.25) is 0 Å². The molecule has 7 nitrogen and oxygen atoms in total. The van der Waals surface area contributed by atoms with E-state index < -0.39 is 37.1 Å². The molecule has 18 heavy (non-hydrogen) atoms. The van der Waals surface area contributed by atoms with Crippen molar-refractivity contribution < 1.29 is 29.4 Å². The molecular formula is C11H15N2O5+. The Morgan fingerprint density at radius 1 is 1.44 bits per heavy atom. The maximum atomic E-state index is 11.1. The minimum atomic E-state index is -1.18. The SMILES string of the molecule is NC(=O)c1ccc[16n+]([C@@H]2O[C@H](CO)[C@@H](O)[C@H]2O)c1. The number of primary amides is 1. The number of hydrogen-bond donors (Lipinski definition) is 4. The highest BCUT2D eigenvalue weighted by molar-refractivity contribution is 5.92. The Morgan fingerprint density at radius 2 is 2.17 bits per heavy atom. The fraction of sp³-hybridized carbons (Fsp3) is 0.455. The lowest BCUT2D eigenvalue weighted by Crippen LogP contribution is -2.46. The molecule has 4 atom stereocenters. The molecule has 0 saturated carbocycles. The first-order valence-corrected chi connectivity index (χ1v) is 5.47. The number of amides is 1. The fourth-order valence-electron chi connectivity index (χ4n) is 1.92. The van der Waals surface area contributed by atoms with Crippen molar-refractivity contribution in [3.05, 3.63) is 30.1 Å². The molecule has 2 heterocycles. The van der Waals surface area contributed by atoms with Crippen molar-refractivity contribution in [1.29, 1.82) is 0 Å². The van der Waals surface area contributed by atoms with Crippen LogP contribution in [0.1, 0.15) is 16.6 Å². The maximum absolute atomic E-state index is 11.1. The van der Waals surface area contributed by atoms with E-state index in [0.29, 0.717) is 0 Å². The second-order valence-electron chi connectivity index (χ2n) is 4.13. The number of nitrogens with zero attached hydrogens (tertiary/aromatic N) is 1. The Bertz CT molecular complexity index is 453. The molecule has 7 heteroatoms. The second kappa shape index (κ2) is 4.99. The van der Waals surface area contributed by atoms with Gasteiger partial charge in [0, 0.05) is 6.07 Å². The lowest BCUT2D eigenvalue weighted by Gasteiger charge is -2.09. The first-order valence-electron chi connectivity index (χ1n) is 5.47. The number of pyridine rings is 1. The van der Waals surface area contributed by atoms with Gasteiger partial charge in [-0.05, 0) is 6.07 Å². The van der Waals surface area contributed by atoms with E-state index in [1.165, 1.54) is 16.8 Å². The third-order valence-electron chi connectivity index (χ3n) is 2.92. The third-order valence-corrected chi connectivity index (χ3v) is 2.92. The van der Waals surface area contributed by atoms with Gasteiger partial charge in [-0.1, -0.05) is 0 Å². The molecule has 0 radical (unpaired) electrons. The maximum Gasteiger partial charge on any atom is 0.292 e. The molecule has 0 aliphatic carbocycles. The summed E-state index contributed by atoms with van der Waals surface area (Å²) in [6, 6.07) is 3.11. The Morgan fingerprint density at radius 3 is 2.72 bits per heavy atom. The number of aromatic nitrogens is 1. The molecule has 1 aliphatic heterocycles. The first-order chi connectivity index (χ1) is 8.54. The fourth-order valence-corrected chi connectivity index (χ4v) is 1.92. The number of ether oxygens (including phenoxy) is 1. The normalized spacial score (nSPS) is 31.5. The predicted molar refractivity (Wildman–Crippen MR) is 58.2 cm³/mol. The van der Waals surface area contributed by atoms with Crippen molar-refractivity contribution in [3.8, 4) is 0 Å². The largest absolute Gasteiger partial charge is 0.394 e. The van der Waals surface area contributed by atoms with E-state index in [4.69, 9.17) is 15.6 Å². The number of aliphatic hydroxyl groups excluding tert-OH is 3. The molecule has 5 N–H and O–H groups in total. The second-order valence-corrected chi connectivity index (χ2v) is 4.13. The summed E-state index contributed by atoms with van der Waals surface area (Å²) in [5.41, 5.74) is 5.41. The summed E-state index contributed by atoms with van der Waals surface area (Å²) < 4.78 is 6.75. The van der Waals surface area contributed by atoms with Gasteiger partial charge < -0.3 is 25.8 Å². The quantitative estimate of drug-likeness (QED) is 0.454. The van der Waals surface area contributed by atoms with E-state index in [0.717, 1.165) is 0 Å². The highest BCUT2D eigenvalue weighted by Gasteiger charge is 2.47. The molecule has 2 rings (SSSR count). The van der Waals surface area contributed by atoms with E-state index >= 15 is 0 Å². The van der Waals surface area contributed by atoms with Gasteiger partial charge in [0.05, 0.1) is 6.61 Å². The third kappa shape index (κ3) is 2.21. The summed E-state index contributed by atoms with van der Waals surface area (Å²) >= 11 is 0. The van der Waals surface area contributed by atoms with Crippen LogP contribution < -0.4 is 10.3 Å². The van der Waals surface area contributed by atoms with Crippen molar-refractivity contribution in [2.45, 2.75) is 24.5 Å². The molecule has 1 aliphatic rings. The van der Waals surface area contributed by atoms with Gasteiger partial charge in [0.25, 0.3) is 12.1 Å². The standard InChI is InChI=1S/C11H14N2O5/c12-10(17)6-2-1-3-13(4-6)11-9(16)8(15)7(5-14)18-11/h1-4,7-9,11,14-16H,5H2,(H-,12,17)/p+1/t7-,8-,9-,11-/m1/s1/i13+2. The number of nitrogens with two attached hydrogens (primary N) is 1. The van der Waals surface area contributed by atoms with Crippen molar-refractivity contribution in [3.63, 3.8) is 0 Å². The monoisotopic (exact) mass is 257 g/mol. The Balaban J connectivity index is 2.27. The molecule has 1 fully saturated rings. The number of aliphatic hydroxyl groups is 3. The topological polar surface area (TPSA) is 117 Å². The van der Waals surface area contributed by atoms with Crippen molar-refractivity contribution in [2.24, 2.45) is 5.73 Å². The molecule has 1 saturated heterocycles. The Labute approximate surface area is 103 Å². The molecule has 0 aromatic carbocycles. The number of hydrogen-bond acceptors (Lipinski definition) is 5. The van der Waals surface area contributed by atoms with E-state index in [1.54, 1.807) is 12.3 Å². The number of rotatable bonds is 3. The van der Waals surface area contributed by atoms with Crippen LogP contribution in [0.3, 0.4) is 0 Å². The minimum absolute atomic E-state index is 0.259. The lowest BCUT2D eigenvalue weighted by atomic mass is 10.1. The van der Waals surface area contributed by atoms with Gasteiger partial charge in [-0.15, -0.1) is 0 Å². The number of carbonyl (C=O) groups is 1. The van der Waals surface area contributed by atoms with Crippen LogP contribution in [0, 0.1) is 0 Å². The van der Waals surface area contributed by atoms with Crippen LogP contribution in [0.25, 0.3) is 0 Å². The molecule has 98 valence electrons. The van der Waals surface area contributed by atoms with Crippen LogP contribution in [0.15, 0.2) is 24.5 Å². The predicted octanol–water partition coefficient (Wildman–Crippen LogP) is -2.32. The van der Waals surface area contributed by atoms with E-state index in [1.807, 2.05) is 0 Å². The summed E-state index contributed by atoms with van der Waals surface area (Å²) in [6.45, 7) is -0.398. The lowest BCUT2D eigenvalue weighted by molar-refractivity contribution is -0.765. The van der Waals surface area contributed by atoms with E-state index in [9.17, 15) is 15.0 Å². The zero-order chi connectivity index (χ0) is 13.3. The van der Waals surface area contributed by atoms with E-state index in [2.05, 4.69) is 0 Å². The van der Waals surface area contributed by atoms with E-state index in [-0.39, 0.29) is 5.56 Å². The molecule has 1 aromatic rings. The van der Waals surface area contributed by atoms with Crippen molar-refractivity contribution in [1.82, 2.24) is 0 Å². The summed E-state index contributed by atoms with van der Waals surface area (Å²) in [6.07, 6.45) is -1.08. The van der Waals surface area contributed by atoms with Crippen LogP contribution in [0.4, 0.5) is 0 Å². The summed E-state index contributed by atoms with van der Waals surface area (Å²) in [5, 5.41) is 28.4. The van der Waals surface area contributed by atoms with Crippen molar-refractivity contribution in [2.75, 3.05) is 6.61 Å². The minimum Gasteiger partial charge on any atom is -0.394 e. The summed E-state index contributed by atoms with van der Waals surface area (Å²) in [5.74, 6) is -0.601. The average molecular weight is 257 g/mol. The Hall–Kier alpha value is -1.54. The summed E-state index contributed by atoms with van der Waals surface area (Å²) in [4.78, 5) is 11.1. The van der Waals surface area contributed by atoms with Gasteiger partial charge in [0.15, 0.2) is 18.5 Å². The molecule has 0 spiro atoms. The van der Waals surface area contributed by atoms with Gasteiger partial charge in [-0.3, -0.25) is 4.79 Å². The van der Waals surface area contributed by atoms with Gasteiger partial charge >= 0.3 is 0 Å². The van der Waals surface area contributed by atoms with Crippen molar-refractivity contribution >= 4 is 5.91 Å². The van der Waals surface area contributed by atoms with Crippen LogP contribution in [-0.4, -0.2) is 46.1 Å². The van der Waals surface area contributed by atoms with Crippen LogP contribution in [0.2, 0.25) is 0 Å². The van der Waals surface area contributed by atoms with Gasteiger partial charge in [0.1, 0.15) is 17.8 Å². The Kier molecular flexibility index (Phi) is 3.58. The molecule has 1 aromatic heterocycles. The number of carbonyl (C=O) groups excluding carboxylic acids is 1. The molecular weight excluding hydrogens is 242 g/mol. The molecule has 0 unspecified atom stereocenters.